The van der Waals surface area contributed by atoms with E-state index in [1.807, 2.05) is 13.8 Å². The molecule has 1 atom stereocenters. The van der Waals surface area contributed by atoms with Crippen molar-refractivity contribution in [3.8, 4) is 0 Å². The van der Waals surface area contributed by atoms with E-state index >= 15 is 0 Å². The van der Waals surface area contributed by atoms with Gasteiger partial charge in [-0.1, -0.05) is 32.9 Å². The van der Waals surface area contributed by atoms with Gasteiger partial charge in [0.15, 0.2) is 9.84 Å². The van der Waals surface area contributed by atoms with Crippen LogP contribution in [0.3, 0.4) is 0 Å². The molecule has 0 saturated carbocycles. The van der Waals surface area contributed by atoms with Gasteiger partial charge in [0.2, 0.25) is 0 Å². The highest BCUT2D eigenvalue weighted by Crippen LogP contribution is 2.22. The molecule has 1 aromatic rings. The molecule has 0 bridgehead atoms. The molecule has 0 spiro atoms. The van der Waals surface area contributed by atoms with Gasteiger partial charge < -0.3 is 10.4 Å². The second kappa shape index (κ2) is 6.20. The van der Waals surface area contributed by atoms with Gasteiger partial charge in [0.05, 0.1) is 22.4 Å². The van der Waals surface area contributed by atoms with E-state index in [2.05, 4.69) is 5.32 Å². The van der Waals surface area contributed by atoms with Crippen molar-refractivity contribution >= 4 is 15.5 Å². The summed E-state index contributed by atoms with van der Waals surface area (Å²) in [5.41, 5.74) is 0.555. The van der Waals surface area contributed by atoms with Crippen molar-refractivity contribution in [1.82, 2.24) is 0 Å². The van der Waals surface area contributed by atoms with E-state index in [0.717, 1.165) is 0 Å². The van der Waals surface area contributed by atoms with E-state index in [1.54, 1.807) is 31.2 Å². The minimum absolute atomic E-state index is 0.0679. The zero-order valence-corrected chi connectivity index (χ0v) is 11.9. The van der Waals surface area contributed by atoms with Gasteiger partial charge in [-0.25, -0.2) is 8.42 Å². The minimum Gasteiger partial charge on any atom is -0.391 e. The first-order chi connectivity index (χ1) is 8.38. The van der Waals surface area contributed by atoms with E-state index in [4.69, 9.17) is 0 Å². The number of aliphatic hydroxyl groups excluding tert-OH is 1. The summed E-state index contributed by atoms with van der Waals surface area (Å²) < 4.78 is 23.8. The smallest absolute Gasteiger partial charge is 0.180 e. The SMILES string of the molecule is CCS(=O)(=O)c1ccccc1NCC(O)C(C)C. The lowest BCUT2D eigenvalue weighted by Gasteiger charge is -2.17. The summed E-state index contributed by atoms with van der Waals surface area (Å²) in [5.74, 6) is 0.200. The van der Waals surface area contributed by atoms with Gasteiger partial charge in [-0.05, 0) is 18.1 Å². The zero-order valence-electron chi connectivity index (χ0n) is 11.1. The Balaban J connectivity index is 2.91. The number of rotatable bonds is 6. The van der Waals surface area contributed by atoms with Gasteiger partial charge in [0, 0.05) is 6.54 Å². The number of benzene rings is 1. The van der Waals surface area contributed by atoms with E-state index < -0.39 is 15.9 Å². The molecule has 0 fully saturated rings. The Morgan fingerprint density at radius 2 is 1.89 bits per heavy atom. The number of para-hydroxylation sites is 1. The quantitative estimate of drug-likeness (QED) is 0.829. The second-order valence-electron chi connectivity index (χ2n) is 4.59. The Bertz CT molecular complexity index is 483. The molecule has 1 aromatic carbocycles. The Morgan fingerprint density at radius 3 is 2.44 bits per heavy atom. The normalized spacial score (nSPS) is 13.6. The fourth-order valence-electron chi connectivity index (χ4n) is 1.49. The lowest BCUT2D eigenvalue weighted by Crippen LogP contribution is -2.25. The van der Waals surface area contributed by atoms with Crippen LogP contribution in [0.2, 0.25) is 0 Å². The highest BCUT2D eigenvalue weighted by atomic mass is 32.2. The topological polar surface area (TPSA) is 66.4 Å². The van der Waals surface area contributed by atoms with E-state index in [0.29, 0.717) is 17.1 Å². The second-order valence-corrected chi connectivity index (χ2v) is 6.84. The largest absolute Gasteiger partial charge is 0.391 e. The predicted octanol–water partition coefficient (Wildman–Crippen LogP) is 1.91. The number of hydrogen-bond donors (Lipinski definition) is 2. The maximum Gasteiger partial charge on any atom is 0.180 e. The van der Waals surface area contributed by atoms with Crippen LogP contribution in [0.4, 0.5) is 5.69 Å². The van der Waals surface area contributed by atoms with Crippen LogP contribution in [0.5, 0.6) is 0 Å². The van der Waals surface area contributed by atoms with Gasteiger partial charge in [-0.15, -0.1) is 0 Å². The molecule has 1 unspecified atom stereocenters. The summed E-state index contributed by atoms with van der Waals surface area (Å²) >= 11 is 0. The fourth-order valence-corrected chi connectivity index (χ4v) is 2.56. The summed E-state index contributed by atoms with van der Waals surface area (Å²) in [7, 11) is -3.24. The van der Waals surface area contributed by atoms with Crippen LogP contribution >= 0.6 is 0 Å². The summed E-state index contributed by atoms with van der Waals surface area (Å²) in [6, 6.07) is 6.78. The summed E-state index contributed by atoms with van der Waals surface area (Å²) in [6.07, 6.45) is -0.498. The maximum absolute atomic E-state index is 11.9. The molecule has 102 valence electrons. The number of hydrogen-bond acceptors (Lipinski definition) is 4. The summed E-state index contributed by atoms with van der Waals surface area (Å²) in [5, 5.41) is 12.7. The molecule has 18 heavy (non-hydrogen) atoms. The molecule has 0 aliphatic carbocycles. The molecule has 1 rings (SSSR count). The molecule has 0 saturated heterocycles. The van der Waals surface area contributed by atoms with E-state index in [9.17, 15) is 13.5 Å². The third-order valence-corrected chi connectivity index (χ3v) is 4.66. The summed E-state index contributed by atoms with van der Waals surface area (Å²) in [6.45, 7) is 5.80. The summed E-state index contributed by atoms with van der Waals surface area (Å²) in [4.78, 5) is 0.295. The molecule has 0 radical (unpaired) electrons. The molecule has 5 heteroatoms. The number of anilines is 1. The molecular formula is C13H21NO3S. The van der Waals surface area contributed by atoms with Gasteiger partial charge in [0.1, 0.15) is 0 Å². The third kappa shape index (κ3) is 3.71. The monoisotopic (exact) mass is 271 g/mol. The fraction of sp³-hybridized carbons (Fsp3) is 0.538. The molecule has 4 nitrogen and oxygen atoms in total. The van der Waals surface area contributed by atoms with Crippen LogP contribution in [-0.2, 0) is 9.84 Å². The minimum atomic E-state index is -3.24. The average molecular weight is 271 g/mol. The highest BCUT2D eigenvalue weighted by Gasteiger charge is 2.17. The predicted molar refractivity (Wildman–Crippen MR) is 73.5 cm³/mol. The van der Waals surface area contributed by atoms with Gasteiger partial charge in [-0.3, -0.25) is 0 Å². The van der Waals surface area contributed by atoms with Gasteiger partial charge in [-0.2, -0.15) is 0 Å². The van der Waals surface area contributed by atoms with Crippen molar-refractivity contribution in [2.45, 2.75) is 31.8 Å². The van der Waals surface area contributed by atoms with Crippen molar-refractivity contribution in [2.24, 2.45) is 5.92 Å². The first-order valence-electron chi connectivity index (χ1n) is 6.12. The van der Waals surface area contributed by atoms with Crippen molar-refractivity contribution in [1.29, 1.82) is 0 Å². The lowest BCUT2D eigenvalue weighted by atomic mass is 10.1. The molecular weight excluding hydrogens is 250 g/mol. The van der Waals surface area contributed by atoms with E-state index in [-0.39, 0.29) is 11.7 Å². The van der Waals surface area contributed by atoms with Crippen LogP contribution in [0.15, 0.2) is 29.2 Å². The average Bonchev–Trinajstić information content (AvgIpc) is 2.36. The number of nitrogens with one attached hydrogen (secondary N) is 1. The Morgan fingerprint density at radius 1 is 1.28 bits per heavy atom. The number of sulfone groups is 1. The van der Waals surface area contributed by atoms with Gasteiger partial charge in [0.25, 0.3) is 0 Å². The van der Waals surface area contributed by atoms with Crippen molar-refractivity contribution < 1.29 is 13.5 Å². The van der Waals surface area contributed by atoms with Crippen LogP contribution in [-0.4, -0.2) is 31.9 Å². The van der Waals surface area contributed by atoms with Gasteiger partial charge >= 0.3 is 0 Å². The highest BCUT2D eigenvalue weighted by molar-refractivity contribution is 7.91. The lowest BCUT2D eigenvalue weighted by molar-refractivity contribution is 0.138. The molecule has 0 amide bonds. The van der Waals surface area contributed by atoms with Crippen LogP contribution in [0, 0.1) is 5.92 Å². The first-order valence-corrected chi connectivity index (χ1v) is 7.77. The van der Waals surface area contributed by atoms with Crippen LogP contribution in [0.1, 0.15) is 20.8 Å². The number of aliphatic hydroxyl groups is 1. The van der Waals surface area contributed by atoms with Crippen molar-refractivity contribution in [3.05, 3.63) is 24.3 Å². The molecule has 0 aliphatic rings. The zero-order chi connectivity index (χ0) is 13.8. The Labute approximate surface area is 109 Å². The Hall–Kier alpha value is -1.07. The van der Waals surface area contributed by atoms with Crippen LogP contribution < -0.4 is 5.32 Å². The van der Waals surface area contributed by atoms with Crippen molar-refractivity contribution in [2.75, 3.05) is 17.6 Å². The maximum atomic E-state index is 11.9. The van der Waals surface area contributed by atoms with Crippen molar-refractivity contribution in [3.63, 3.8) is 0 Å². The Kier molecular flexibility index (Phi) is 5.16. The standard InChI is InChI=1S/C13H21NO3S/c1-4-18(16,17)13-8-6-5-7-11(13)14-9-12(15)10(2)3/h5-8,10,12,14-15H,4,9H2,1-3H3. The molecule has 0 aromatic heterocycles. The third-order valence-electron chi connectivity index (χ3n) is 2.87. The molecule has 0 aliphatic heterocycles. The molecule has 2 N–H and O–H groups in total. The van der Waals surface area contributed by atoms with Crippen LogP contribution in [0.25, 0.3) is 0 Å². The van der Waals surface area contributed by atoms with E-state index in [1.165, 1.54) is 0 Å². The molecule has 0 heterocycles. The first kappa shape index (κ1) is 15.0.